The lowest BCUT2D eigenvalue weighted by atomic mass is 10.2. The zero-order valence-electron chi connectivity index (χ0n) is 10.1. The number of carbonyl (C=O) groups excluding carboxylic acids is 1. The van der Waals surface area contributed by atoms with Crippen LogP contribution < -0.4 is 5.32 Å². The number of ether oxygens (including phenoxy) is 1. The smallest absolute Gasteiger partial charge is 0.332 e. The molecule has 1 atom stereocenters. The Hall–Kier alpha value is -1.40. The number of aryl methyl sites for hydroxylation is 1. The summed E-state index contributed by atoms with van der Waals surface area (Å²) < 4.78 is 5.64. The molecule has 0 aromatic heterocycles. The fourth-order valence-corrected chi connectivity index (χ4v) is 1.77. The van der Waals surface area contributed by atoms with Gasteiger partial charge in [-0.2, -0.15) is 0 Å². The second kappa shape index (κ2) is 6.51. The number of hydrogen-bond donors (Lipinski definition) is 2. The van der Waals surface area contributed by atoms with E-state index >= 15 is 0 Å². The van der Waals surface area contributed by atoms with Crippen LogP contribution in [0.1, 0.15) is 12.5 Å². The summed E-state index contributed by atoms with van der Waals surface area (Å²) >= 11 is 3.33. The highest BCUT2D eigenvalue weighted by molar-refractivity contribution is 9.10. The van der Waals surface area contributed by atoms with E-state index in [9.17, 15) is 9.59 Å². The topological polar surface area (TPSA) is 75.6 Å². The Morgan fingerprint density at radius 2 is 2.17 bits per heavy atom. The third-order valence-electron chi connectivity index (χ3n) is 2.21. The van der Waals surface area contributed by atoms with Gasteiger partial charge in [-0.25, -0.2) is 4.79 Å². The molecule has 6 heteroatoms. The van der Waals surface area contributed by atoms with Gasteiger partial charge in [0, 0.05) is 4.47 Å². The van der Waals surface area contributed by atoms with Crippen LogP contribution in [-0.2, 0) is 14.3 Å². The minimum absolute atomic E-state index is 0.298. The van der Waals surface area contributed by atoms with E-state index in [4.69, 9.17) is 9.84 Å². The third-order valence-corrected chi connectivity index (χ3v) is 2.87. The highest BCUT2D eigenvalue weighted by Crippen LogP contribution is 2.23. The van der Waals surface area contributed by atoms with Crippen LogP contribution in [0.4, 0.5) is 5.69 Å². The SMILES string of the molecule is Cc1ccc(NC(=O)CO[C@@H](C)C(=O)O)c(Br)c1. The molecular weight excluding hydrogens is 302 g/mol. The number of nitrogens with one attached hydrogen (secondary N) is 1. The number of amides is 1. The van der Waals surface area contributed by atoms with Gasteiger partial charge in [0.1, 0.15) is 6.61 Å². The minimum atomic E-state index is -1.10. The number of rotatable bonds is 5. The van der Waals surface area contributed by atoms with E-state index in [1.807, 2.05) is 19.1 Å². The number of benzene rings is 1. The molecule has 0 spiro atoms. The van der Waals surface area contributed by atoms with E-state index in [0.717, 1.165) is 10.0 Å². The predicted molar refractivity (Wildman–Crippen MR) is 70.6 cm³/mol. The number of carboxylic acid groups (broad SMARTS) is 1. The summed E-state index contributed by atoms with van der Waals surface area (Å²) in [5, 5.41) is 11.2. The first kappa shape index (κ1) is 14.7. The molecule has 0 bridgehead atoms. The summed E-state index contributed by atoms with van der Waals surface area (Å²) in [6.45, 7) is 3.01. The maximum Gasteiger partial charge on any atom is 0.332 e. The Labute approximate surface area is 113 Å². The Kier molecular flexibility index (Phi) is 5.30. The molecule has 18 heavy (non-hydrogen) atoms. The average Bonchev–Trinajstić information content (AvgIpc) is 2.29. The molecule has 0 aliphatic rings. The van der Waals surface area contributed by atoms with Crippen molar-refractivity contribution < 1.29 is 19.4 Å². The second-order valence-electron chi connectivity index (χ2n) is 3.82. The van der Waals surface area contributed by atoms with Gasteiger partial charge in [-0.05, 0) is 47.5 Å². The van der Waals surface area contributed by atoms with Crippen LogP contribution in [0.25, 0.3) is 0 Å². The van der Waals surface area contributed by atoms with Crippen LogP contribution in [0.3, 0.4) is 0 Å². The zero-order chi connectivity index (χ0) is 13.7. The maximum atomic E-state index is 11.5. The third kappa shape index (κ3) is 4.46. The monoisotopic (exact) mass is 315 g/mol. The van der Waals surface area contributed by atoms with Crippen LogP contribution in [0, 0.1) is 6.92 Å². The molecule has 0 saturated carbocycles. The van der Waals surface area contributed by atoms with Gasteiger partial charge >= 0.3 is 5.97 Å². The lowest BCUT2D eigenvalue weighted by Gasteiger charge is -2.10. The summed E-state index contributed by atoms with van der Waals surface area (Å²) in [4.78, 5) is 22.0. The van der Waals surface area contributed by atoms with E-state index in [-0.39, 0.29) is 6.61 Å². The van der Waals surface area contributed by atoms with Gasteiger partial charge in [-0.15, -0.1) is 0 Å². The maximum absolute atomic E-state index is 11.5. The van der Waals surface area contributed by atoms with Crippen molar-refractivity contribution in [3.63, 3.8) is 0 Å². The van der Waals surface area contributed by atoms with Crippen molar-refractivity contribution >= 4 is 33.5 Å². The summed E-state index contributed by atoms with van der Waals surface area (Å²) in [7, 11) is 0. The standard InChI is InChI=1S/C12H14BrNO4/c1-7-3-4-10(9(13)5-7)14-11(15)6-18-8(2)12(16)17/h3-5,8H,6H2,1-2H3,(H,14,15)(H,16,17)/t8-/m0/s1. The zero-order valence-corrected chi connectivity index (χ0v) is 11.7. The molecule has 0 heterocycles. The van der Waals surface area contributed by atoms with E-state index in [0.29, 0.717) is 5.69 Å². The quantitative estimate of drug-likeness (QED) is 0.873. The highest BCUT2D eigenvalue weighted by atomic mass is 79.9. The minimum Gasteiger partial charge on any atom is -0.479 e. The summed E-state index contributed by atoms with van der Waals surface area (Å²) in [6, 6.07) is 5.50. The van der Waals surface area contributed by atoms with Crippen molar-refractivity contribution in [2.75, 3.05) is 11.9 Å². The van der Waals surface area contributed by atoms with E-state index < -0.39 is 18.0 Å². The van der Waals surface area contributed by atoms with E-state index in [1.165, 1.54) is 6.92 Å². The van der Waals surface area contributed by atoms with Gasteiger partial charge in [0.05, 0.1) is 5.69 Å². The van der Waals surface area contributed by atoms with E-state index in [1.54, 1.807) is 6.07 Å². The number of carbonyl (C=O) groups is 2. The number of carboxylic acids is 1. The van der Waals surface area contributed by atoms with Gasteiger partial charge in [0.2, 0.25) is 5.91 Å². The van der Waals surface area contributed by atoms with Crippen molar-refractivity contribution in [3.8, 4) is 0 Å². The Bertz CT molecular complexity index is 461. The molecule has 1 amide bonds. The number of aliphatic carboxylic acids is 1. The molecule has 1 aromatic rings. The van der Waals surface area contributed by atoms with Crippen LogP contribution in [0.2, 0.25) is 0 Å². The number of hydrogen-bond acceptors (Lipinski definition) is 3. The molecule has 0 saturated heterocycles. The molecule has 0 aliphatic carbocycles. The summed E-state index contributed by atoms with van der Waals surface area (Å²) in [5.41, 5.74) is 1.69. The van der Waals surface area contributed by atoms with E-state index in [2.05, 4.69) is 21.2 Å². The highest BCUT2D eigenvalue weighted by Gasteiger charge is 2.13. The van der Waals surface area contributed by atoms with Crippen LogP contribution in [0.5, 0.6) is 0 Å². The number of halogens is 1. The van der Waals surface area contributed by atoms with Gasteiger partial charge < -0.3 is 15.2 Å². The molecule has 98 valence electrons. The molecule has 0 fully saturated rings. The molecular formula is C12H14BrNO4. The fraction of sp³-hybridized carbons (Fsp3) is 0.333. The van der Waals surface area contributed by atoms with Crippen molar-refractivity contribution in [1.82, 2.24) is 0 Å². The normalized spacial score (nSPS) is 11.9. The largest absolute Gasteiger partial charge is 0.479 e. The van der Waals surface area contributed by atoms with Gasteiger partial charge in [0.15, 0.2) is 6.10 Å². The first-order valence-electron chi connectivity index (χ1n) is 5.30. The average molecular weight is 316 g/mol. The van der Waals surface area contributed by atoms with Crippen molar-refractivity contribution in [3.05, 3.63) is 28.2 Å². The molecule has 0 radical (unpaired) electrons. The molecule has 0 aliphatic heterocycles. The summed E-state index contributed by atoms with van der Waals surface area (Å²) in [5.74, 6) is -1.49. The van der Waals surface area contributed by atoms with Crippen LogP contribution in [-0.4, -0.2) is 29.7 Å². The lowest BCUT2D eigenvalue weighted by Crippen LogP contribution is -2.26. The van der Waals surface area contributed by atoms with Gasteiger partial charge in [-0.3, -0.25) is 4.79 Å². The summed E-state index contributed by atoms with van der Waals surface area (Å²) in [6.07, 6.45) is -1.00. The van der Waals surface area contributed by atoms with Crippen LogP contribution >= 0.6 is 15.9 Å². The Morgan fingerprint density at radius 1 is 1.50 bits per heavy atom. The Morgan fingerprint density at radius 3 is 2.72 bits per heavy atom. The molecule has 0 unspecified atom stereocenters. The van der Waals surface area contributed by atoms with Crippen LogP contribution in [0.15, 0.2) is 22.7 Å². The first-order chi connectivity index (χ1) is 8.40. The lowest BCUT2D eigenvalue weighted by molar-refractivity contribution is -0.150. The van der Waals surface area contributed by atoms with Crippen molar-refractivity contribution in [2.24, 2.45) is 0 Å². The Balaban J connectivity index is 2.52. The first-order valence-corrected chi connectivity index (χ1v) is 6.10. The molecule has 2 N–H and O–H groups in total. The van der Waals surface area contributed by atoms with Crippen molar-refractivity contribution in [2.45, 2.75) is 20.0 Å². The second-order valence-corrected chi connectivity index (χ2v) is 4.68. The van der Waals surface area contributed by atoms with Gasteiger partial charge in [-0.1, -0.05) is 6.07 Å². The predicted octanol–water partition coefficient (Wildman–Crippen LogP) is 2.19. The molecule has 1 aromatic carbocycles. The molecule has 1 rings (SSSR count). The molecule has 5 nitrogen and oxygen atoms in total. The number of anilines is 1. The fourth-order valence-electron chi connectivity index (χ4n) is 1.18. The van der Waals surface area contributed by atoms with Crippen molar-refractivity contribution in [1.29, 1.82) is 0 Å². The van der Waals surface area contributed by atoms with Gasteiger partial charge in [0.25, 0.3) is 0 Å².